The number of hydrogen-bond donors (Lipinski definition) is 0. The number of hydrogen-bond acceptors (Lipinski definition) is 4. The zero-order valence-corrected chi connectivity index (χ0v) is 10.5. The van der Waals surface area contributed by atoms with Crippen molar-refractivity contribution < 1.29 is 9.15 Å². The Hall–Kier alpha value is -1.55. The first-order chi connectivity index (χ1) is 8.24. The van der Waals surface area contributed by atoms with Crippen molar-refractivity contribution >= 4 is 11.6 Å². The third-order valence-electron chi connectivity index (χ3n) is 2.43. The summed E-state index contributed by atoms with van der Waals surface area (Å²) in [6.07, 6.45) is 0.581. The van der Waals surface area contributed by atoms with Crippen LogP contribution in [-0.4, -0.2) is 23.2 Å². The summed E-state index contributed by atoms with van der Waals surface area (Å²) in [4.78, 5) is 0. The van der Waals surface area contributed by atoms with E-state index in [1.165, 1.54) is 0 Å². The third-order valence-corrected chi connectivity index (χ3v) is 2.62. The second-order valence-electron chi connectivity index (χ2n) is 3.62. The largest absolute Gasteiger partial charge is 0.496 e. The highest BCUT2D eigenvalue weighted by Crippen LogP contribution is 2.25. The number of nitrogens with zero attached hydrogens (tertiary/aromatic N) is 2. The molecule has 90 valence electrons. The number of rotatable bonds is 4. The normalized spacial score (nSPS) is 10.5. The lowest BCUT2D eigenvalue weighted by Crippen LogP contribution is -1.88. The topological polar surface area (TPSA) is 48.2 Å². The molecule has 2 aromatic rings. The van der Waals surface area contributed by atoms with Crippen LogP contribution in [0, 0.1) is 6.92 Å². The van der Waals surface area contributed by atoms with E-state index in [0.717, 1.165) is 16.9 Å². The maximum absolute atomic E-state index is 5.61. The SMILES string of the molecule is COc1cc(-c2nnc(CCCl)o2)ccc1C. The average Bonchev–Trinajstić information content (AvgIpc) is 2.79. The molecule has 0 amide bonds. The van der Waals surface area contributed by atoms with Gasteiger partial charge in [0, 0.05) is 17.9 Å². The van der Waals surface area contributed by atoms with Gasteiger partial charge in [-0.05, 0) is 24.6 Å². The van der Waals surface area contributed by atoms with Gasteiger partial charge in [0.15, 0.2) is 0 Å². The Labute approximate surface area is 105 Å². The van der Waals surface area contributed by atoms with Crippen LogP contribution >= 0.6 is 11.6 Å². The highest BCUT2D eigenvalue weighted by atomic mass is 35.5. The van der Waals surface area contributed by atoms with Crippen molar-refractivity contribution in [1.29, 1.82) is 0 Å². The summed E-state index contributed by atoms with van der Waals surface area (Å²) in [5.41, 5.74) is 1.91. The highest BCUT2D eigenvalue weighted by molar-refractivity contribution is 6.17. The van der Waals surface area contributed by atoms with Crippen molar-refractivity contribution in [3.63, 3.8) is 0 Å². The number of methoxy groups -OCH3 is 1. The number of halogens is 1. The van der Waals surface area contributed by atoms with Crippen molar-refractivity contribution in [3.05, 3.63) is 29.7 Å². The quantitative estimate of drug-likeness (QED) is 0.785. The van der Waals surface area contributed by atoms with E-state index in [9.17, 15) is 0 Å². The summed E-state index contributed by atoms with van der Waals surface area (Å²) in [7, 11) is 1.64. The molecule has 0 fully saturated rings. The monoisotopic (exact) mass is 252 g/mol. The molecule has 0 unspecified atom stereocenters. The molecule has 0 radical (unpaired) electrons. The van der Waals surface area contributed by atoms with E-state index >= 15 is 0 Å². The first-order valence-corrected chi connectivity index (χ1v) is 5.81. The second kappa shape index (κ2) is 5.19. The van der Waals surface area contributed by atoms with Gasteiger partial charge in [-0.1, -0.05) is 6.07 Å². The minimum Gasteiger partial charge on any atom is -0.496 e. The minimum atomic E-state index is 0.471. The van der Waals surface area contributed by atoms with E-state index < -0.39 is 0 Å². The summed E-state index contributed by atoms with van der Waals surface area (Å²) >= 11 is 5.61. The lowest BCUT2D eigenvalue weighted by atomic mass is 10.1. The molecular formula is C12H13ClN2O2. The van der Waals surface area contributed by atoms with Gasteiger partial charge in [-0.2, -0.15) is 0 Å². The van der Waals surface area contributed by atoms with Gasteiger partial charge in [-0.25, -0.2) is 0 Å². The van der Waals surface area contributed by atoms with Crippen LogP contribution in [0.4, 0.5) is 0 Å². The zero-order chi connectivity index (χ0) is 12.3. The van der Waals surface area contributed by atoms with Gasteiger partial charge < -0.3 is 9.15 Å². The molecular weight excluding hydrogens is 240 g/mol. The second-order valence-corrected chi connectivity index (χ2v) is 4.00. The highest BCUT2D eigenvalue weighted by Gasteiger charge is 2.10. The molecule has 1 aromatic heterocycles. The van der Waals surface area contributed by atoms with Gasteiger partial charge in [0.1, 0.15) is 5.75 Å². The first-order valence-electron chi connectivity index (χ1n) is 5.28. The molecule has 0 aliphatic heterocycles. The average molecular weight is 253 g/mol. The standard InChI is InChI=1S/C12H13ClN2O2/c1-8-3-4-9(7-10(8)16-2)12-15-14-11(17-12)5-6-13/h3-4,7H,5-6H2,1-2H3. The van der Waals surface area contributed by atoms with Crippen molar-refractivity contribution in [2.45, 2.75) is 13.3 Å². The number of alkyl halides is 1. The lowest BCUT2D eigenvalue weighted by Gasteiger charge is -2.04. The van der Waals surface area contributed by atoms with Crippen molar-refractivity contribution in [3.8, 4) is 17.2 Å². The van der Waals surface area contributed by atoms with Crippen LogP contribution in [0.15, 0.2) is 22.6 Å². The fraction of sp³-hybridized carbons (Fsp3) is 0.333. The zero-order valence-electron chi connectivity index (χ0n) is 9.74. The Morgan fingerprint density at radius 2 is 2.18 bits per heavy atom. The Bertz CT molecular complexity index is 511. The van der Waals surface area contributed by atoms with Gasteiger partial charge >= 0.3 is 0 Å². The van der Waals surface area contributed by atoms with E-state index in [1.807, 2.05) is 25.1 Å². The lowest BCUT2D eigenvalue weighted by molar-refractivity contribution is 0.411. The molecule has 0 N–H and O–H groups in total. The van der Waals surface area contributed by atoms with Gasteiger partial charge in [0.05, 0.1) is 7.11 Å². The summed E-state index contributed by atoms with van der Waals surface area (Å²) in [5.74, 6) is 2.32. The van der Waals surface area contributed by atoms with Gasteiger partial charge in [-0.15, -0.1) is 21.8 Å². The molecule has 0 saturated carbocycles. The van der Waals surface area contributed by atoms with Crippen LogP contribution < -0.4 is 4.74 Å². The van der Waals surface area contributed by atoms with Crippen LogP contribution in [-0.2, 0) is 6.42 Å². The molecule has 2 rings (SSSR count). The fourth-order valence-corrected chi connectivity index (χ4v) is 1.67. The maximum Gasteiger partial charge on any atom is 0.247 e. The molecule has 0 aliphatic carbocycles. The fourth-order valence-electron chi connectivity index (χ4n) is 1.51. The smallest absolute Gasteiger partial charge is 0.247 e. The van der Waals surface area contributed by atoms with Gasteiger partial charge in [-0.3, -0.25) is 0 Å². The van der Waals surface area contributed by atoms with E-state index in [4.69, 9.17) is 20.8 Å². The predicted octanol–water partition coefficient (Wildman–Crippen LogP) is 2.83. The van der Waals surface area contributed by atoms with Crippen LogP contribution in [0.1, 0.15) is 11.5 Å². The number of aromatic nitrogens is 2. The van der Waals surface area contributed by atoms with Crippen molar-refractivity contribution in [2.24, 2.45) is 0 Å². The summed E-state index contributed by atoms with van der Waals surface area (Å²) in [6.45, 7) is 1.98. The van der Waals surface area contributed by atoms with Crippen LogP contribution in [0.3, 0.4) is 0 Å². The Balaban J connectivity index is 2.32. The minimum absolute atomic E-state index is 0.471. The number of aryl methyl sites for hydroxylation is 2. The van der Waals surface area contributed by atoms with E-state index in [1.54, 1.807) is 7.11 Å². The van der Waals surface area contributed by atoms with Crippen LogP contribution in [0.25, 0.3) is 11.5 Å². The summed E-state index contributed by atoms with van der Waals surface area (Å²) < 4.78 is 10.7. The molecule has 1 aromatic carbocycles. The summed E-state index contributed by atoms with van der Waals surface area (Å²) in [6, 6.07) is 5.77. The predicted molar refractivity (Wildman–Crippen MR) is 65.4 cm³/mol. The Morgan fingerprint density at radius 1 is 1.35 bits per heavy atom. The molecule has 17 heavy (non-hydrogen) atoms. The van der Waals surface area contributed by atoms with Gasteiger partial charge in [0.2, 0.25) is 11.8 Å². The molecule has 0 saturated heterocycles. The third kappa shape index (κ3) is 2.58. The Kier molecular flexibility index (Phi) is 3.64. The van der Waals surface area contributed by atoms with E-state index in [2.05, 4.69) is 10.2 Å². The Morgan fingerprint density at radius 3 is 2.88 bits per heavy atom. The van der Waals surface area contributed by atoms with Crippen molar-refractivity contribution in [1.82, 2.24) is 10.2 Å². The van der Waals surface area contributed by atoms with Gasteiger partial charge in [0.25, 0.3) is 0 Å². The molecule has 0 atom stereocenters. The van der Waals surface area contributed by atoms with Crippen LogP contribution in [0.5, 0.6) is 5.75 Å². The van der Waals surface area contributed by atoms with E-state index in [0.29, 0.717) is 24.1 Å². The molecule has 0 aliphatic rings. The van der Waals surface area contributed by atoms with Crippen LogP contribution in [0.2, 0.25) is 0 Å². The number of ether oxygens (including phenoxy) is 1. The molecule has 4 nitrogen and oxygen atoms in total. The van der Waals surface area contributed by atoms with Crippen molar-refractivity contribution in [2.75, 3.05) is 13.0 Å². The number of benzene rings is 1. The first kappa shape index (κ1) is 11.9. The van der Waals surface area contributed by atoms with E-state index in [-0.39, 0.29) is 0 Å². The summed E-state index contributed by atoms with van der Waals surface area (Å²) in [5, 5.41) is 7.90. The molecule has 5 heteroatoms. The maximum atomic E-state index is 5.61. The molecule has 1 heterocycles. The molecule has 0 bridgehead atoms. The molecule has 0 spiro atoms.